The molecule has 5 nitrogen and oxygen atoms in total. The summed E-state index contributed by atoms with van der Waals surface area (Å²) < 4.78 is 0. The number of nitrogens with zero attached hydrogens (tertiary/aromatic N) is 1. The Bertz CT molecular complexity index is 832. The van der Waals surface area contributed by atoms with Gasteiger partial charge in [0, 0.05) is 54.0 Å². The molecule has 2 aromatic carbocycles. The minimum Gasteiger partial charge on any atom is -0.384 e. The Morgan fingerprint density at radius 2 is 1.61 bits per heavy atom. The van der Waals surface area contributed by atoms with Crippen molar-refractivity contribution in [3.8, 4) is 0 Å². The van der Waals surface area contributed by atoms with Crippen molar-refractivity contribution in [2.24, 2.45) is 0 Å². The van der Waals surface area contributed by atoms with E-state index in [1.807, 2.05) is 36.4 Å². The second-order valence-electron chi connectivity index (χ2n) is 7.63. The topological polar surface area (TPSA) is 56.4 Å². The van der Waals surface area contributed by atoms with Crippen LogP contribution in [0.4, 0.5) is 17.1 Å². The molecule has 0 saturated heterocycles. The molecule has 0 saturated carbocycles. The third kappa shape index (κ3) is 4.73. The zero-order chi connectivity index (χ0) is 20.1. The highest BCUT2D eigenvalue weighted by Crippen LogP contribution is 2.31. The van der Waals surface area contributed by atoms with E-state index >= 15 is 0 Å². The summed E-state index contributed by atoms with van der Waals surface area (Å²) in [7, 11) is 0. The zero-order valence-electron chi connectivity index (χ0n) is 17.1. The van der Waals surface area contributed by atoms with Gasteiger partial charge in [-0.15, -0.1) is 0 Å². The molecule has 1 amide bonds. The second-order valence-corrected chi connectivity index (χ2v) is 7.63. The number of hydrogen-bond donors (Lipinski definition) is 3. The van der Waals surface area contributed by atoms with Gasteiger partial charge in [-0.2, -0.15) is 0 Å². The Morgan fingerprint density at radius 1 is 0.964 bits per heavy atom. The van der Waals surface area contributed by atoms with E-state index in [-0.39, 0.29) is 5.91 Å². The Morgan fingerprint density at radius 3 is 2.29 bits per heavy atom. The summed E-state index contributed by atoms with van der Waals surface area (Å²) >= 11 is 0. The third-order valence-corrected chi connectivity index (χ3v) is 5.00. The Hall–Kier alpha value is -2.79. The summed E-state index contributed by atoms with van der Waals surface area (Å²) in [6.07, 6.45) is 1.77. The predicted octanol–water partition coefficient (Wildman–Crippen LogP) is 4.62. The van der Waals surface area contributed by atoms with Crippen molar-refractivity contribution >= 4 is 28.5 Å². The molecule has 3 N–H and O–H groups in total. The van der Waals surface area contributed by atoms with E-state index in [2.05, 4.69) is 60.7 Å². The van der Waals surface area contributed by atoms with E-state index in [0.717, 1.165) is 35.7 Å². The van der Waals surface area contributed by atoms with Crippen molar-refractivity contribution < 1.29 is 4.79 Å². The first-order chi connectivity index (χ1) is 13.5. The van der Waals surface area contributed by atoms with Crippen molar-refractivity contribution in [1.82, 2.24) is 4.90 Å². The largest absolute Gasteiger partial charge is 0.384 e. The molecule has 5 heteroatoms. The average Bonchev–Trinajstić information content (AvgIpc) is 2.99. The molecular formula is C23H30N4O. The van der Waals surface area contributed by atoms with E-state index < -0.39 is 0 Å². The van der Waals surface area contributed by atoms with Crippen LogP contribution in [0.2, 0.25) is 0 Å². The highest BCUT2D eigenvalue weighted by Gasteiger charge is 2.23. The van der Waals surface area contributed by atoms with Gasteiger partial charge in [-0.25, -0.2) is 0 Å². The van der Waals surface area contributed by atoms with Gasteiger partial charge in [0.05, 0.1) is 5.57 Å². The van der Waals surface area contributed by atoms with Crippen LogP contribution in [0.5, 0.6) is 0 Å². The first kappa shape index (κ1) is 20.0. The number of anilines is 3. The van der Waals surface area contributed by atoms with Crippen LogP contribution in [0.25, 0.3) is 5.57 Å². The first-order valence-electron chi connectivity index (χ1n) is 9.93. The molecule has 148 valence electrons. The molecule has 0 bridgehead atoms. The fourth-order valence-electron chi connectivity index (χ4n) is 3.56. The lowest BCUT2D eigenvalue weighted by molar-refractivity contribution is -0.110. The van der Waals surface area contributed by atoms with Gasteiger partial charge in [0.15, 0.2) is 0 Å². The molecule has 1 aliphatic heterocycles. The normalized spacial score (nSPS) is 14.7. The Labute approximate surface area is 167 Å². The lowest BCUT2D eigenvalue weighted by Crippen LogP contribution is -2.40. The predicted molar refractivity (Wildman–Crippen MR) is 119 cm³/mol. The molecule has 0 spiro atoms. The van der Waals surface area contributed by atoms with Crippen LogP contribution >= 0.6 is 0 Å². The van der Waals surface area contributed by atoms with E-state index in [9.17, 15) is 4.79 Å². The van der Waals surface area contributed by atoms with Crippen LogP contribution in [0.1, 0.15) is 33.3 Å². The number of benzene rings is 2. The van der Waals surface area contributed by atoms with Gasteiger partial charge >= 0.3 is 0 Å². The fraction of sp³-hybridized carbons (Fsp3) is 0.348. The summed E-state index contributed by atoms with van der Waals surface area (Å²) in [6.45, 7) is 10.9. The van der Waals surface area contributed by atoms with Crippen LogP contribution in [-0.2, 0) is 4.79 Å². The van der Waals surface area contributed by atoms with Crippen molar-refractivity contribution in [1.29, 1.82) is 0 Å². The van der Waals surface area contributed by atoms with Crippen LogP contribution < -0.4 is 16.0 Å². The smallest absolute Gasteiger partial charge is 0.257 e. The van der Waals surface area contributed by atoms with Gasteiger partial charge < -0.3 is 16.0 Å². The fourth-order valence-corrected chi connectivity index (χ4v) is 3.56. The molecular weight excluding hydrogens is 348 g/mol. The average molecular weight is 379 g/mol. The molecule has 0 atom stereocenters. The van der Waals surface area contributed by atoms with Crippen LogP contribution in [0, 0.1) is 0 Å². The molecule has 0 aromatic heterocycles. The maximum absolute atomic E-state index is 12.1. The number of rotatable bonds is 8. The van der Waals surface area contributed by atoms with Gasteiger partial charge in [-0.3, -0.25) is 9.69 Å². The van der Waals surface area contributed by atoms with E-state index in [1.54, 1.807) is 6.20 Å². The van der Waals surface area contributed by atoms with E-state index in [4.69, 9.17) is 0 Å². The molecule has 3 rings (SSSR count). The zero-order valence-corrected chi connectivity index (χ0v) is 17.1. The maximum Gasteiger partial charge on any atom is 0.257 e. The van der Waals surface area contributed by atoms with Gasteiger partial charge in [0.25, 0.3) is 5.91 Å². The second kappa shape index (κ2) is 8.93. The van der Waals surface area contributed by atoms with Crippen molar-refractivity contribution in [3.63, 3.8) is 0 Å². The van der Waals surface area contributed by atoms with Crippen molar-refractivity contribution in [3.05, 3.63) is 60.3 Å². The van der Waals surface area contributed by atoms with Gasteiger partial charge in [0.1, 0.15) is 0 Å². The molecule has 0 fully saturated rings. The van der Waals surface area contributed by atoms with Crippen molar-refractivity contribution in [2.45, 2.75) is 39.8 Å². The number of carbonyl (C=O) groups is 1. The SMILES string of the molecule is CC(C)N(CCNc1ccc(NC=C2C(=O)Nc3ccccc32)cc1)C(C)C. The molecule has 0 radical (unpaired) electrons. The number of hydrogen-bond acceptors (Lipinski definition) is 4. The van der Waals surface area contributed by atoms with Gasteiger partial charge in [-0.05, 0) is 58.0 Å². The monoisotopic (exact) mass is 378 g/mol. The number of carbonyl (C=O) groups excluding carboxylic acids is 1. The first-order valence-corrected chi connectivity index (χ1v) is 9.93. The highest BCUT2D eigenvalue weighted by molar-refractivity contribution is 6.31. The number of nitrogens with one attached hydrogen (secondary N) is 3. The van der Waals surface area contributed by atoms with Crippen LogP contribution in [-0.4, -0.2) is 36.0 Å². The summed E-state index contributed by atoms with van der Waals surface area (Å²) in [4.78, 5) is 14.6. The quantitative estimate of drug-likeness (QED) is 0.587. The highest BCUT2D eigenvalue weighted by atomic mass is 16.2. The van der Waals surface area contributed by atoms with E-state index in [0.29, 0.717) is 17.7 Å². The Balaban J connectivity index is 1.56. The lowest BCUT2D eigenvalue weighted by atomic mass is 10.1. The minimum atomic E-state index is -0.0770. The molecule has 1 aliphatic rings. The summed E-state index contributed by atoms with van der Waals surface area (Å²) in [5, 5.41) is 9.59. The van der Waals surface area contributed by atoms with Gasteiger partial charge in [-0.1, -0.05) is 18.2 Å². The number of amides is 1. The standard InChI is InChI=1S/C23H30N4O/c1-16(2)27(17(3)4)14-13-24-18-9-11-19(12-10-18)25-15-21-20-7-5-6-8-22(20)26-23(21)28/h5-12,15-17,24-25H,13-14H2,1-4H3,(H,26,28). The molecule has 0 aliphatic carbocycles. The Kier molecular flexibility index (Phi) is 6.37. The summed E-state index contributed by atoms with van der Waals surface area (Å²) in [6, 6.07) is 16.9. The third-order valence-electron chi connectivity index (χ3n) is 5.00. The molecule has 28 heavy (non-hydrogen) atoms. The molecule has 1 heterocycles. The minimum absolute atomic E-state index is 0.0770. The number of fused-ring (bicyclic) bond motifs is 1. The maximum atomic E-state index is 12.1. The summed E-state index contributed by atoms with van der Waals surface area (Å²) in [5.74, 6) is -0.0770. The van der Waals surface area contributed by atoms with E-state index in [1.165, 1.54) is 0 Å². The van der Waals surface area contributed by atoms with Crippen molar-refractivity contribution in [2.75, 3.05) is 29.0 Å². The van der Waals surface area contributed by atoms with Gasteiger partial charge in [0.2, 0.25) is 0 Å². The van der Waals surface area contributed by atoms with Crippen LogP contribution in [0.15, 0.2) is 54.7 Å². The molecule has 2 aromatic rings. The molecule has 0 unspecified atom stereocenters. The lowest BCUT2D eigenvalue weighted by Gasteiger charge is -2.30. The number of para-hydroxylation sites is 1. The van der Waals surface area contributed by atoms with Crippen LogP contribution in [0.3, 0.4) is 0 Å². The summed E-state index contributed by atoms with van der Waals surface area (Å²) in [5.41, 5.74) is 4.48.